The van der Waals surface area contributed by atoms with E-state index in [0.29, 0.717) is 24.1 Å². The number of aromatic amines is 1. The predicted molar refractivity (Wildman–Crippen MR) is 148 cm³/mol. The Bertz CT molecular complexity index is 1330. The van der Waals surface area contributed by atoms with Gasteiger partial charge in [-0.2, -0.15) is 0 Å². The highest BCUT2D eigenvalue weighted by molar-refractivity contribution is 5.94. The van der Waals surface area contributed by atoms with Gasteiger partial charge in [0.1, 0.15) is 23.9 Å². The van der Waals surface area contributed by atoms with E-state index in [1.54, 1.807) is 12.1 Å². The number of hydrogen-bond donors (Lipinski definition) is 6. The van der Waals surface area contributed by atoms with Crippen molar-refractivity contribution in [2.45, 2.75) is 56.3 Å². The van der Waals surface area contributed by atoms with Gasteiger partial charge in [-0.1, -0.05) is 42.5 Å². The molecule has 1 aliphatic heterocycles. The Labute approximate surface area is 237 Å². The van der Waals surface area contributed by atoms with Gasteiger partial charge in [-0.3, -0.25) is 14.4 Å². The lowest BCUT2D eigenvalue weighted by Gasteiger charge is -2.29. The first-order valence-electron chi connectivity index (χ1n) is 13.4. The highest BCUT2D eigenvalue weighted by atomic mass is 16.4. The maximum absolute atomic E-state index is 13.6. The number of imidazole rings is 1. The largest absolute Gasteiger partial charge is 0.508 e. The molecule has 0 aliphatic carbocycles. The van der Waals surface area contributed by atoms with Crippen LogP contribution in [-0.4, -0.2) is 79.5 Å². The minimum atomic E-state index is -1.12. The zero-order chi connectivity index (χ0) is 29.4. The van der Waals surface area contributed by atoms with Crippen molar-refractivity contribution in [2.24, 2.45) is 5.73 Å². The van der Waals surface area contributed by atoms with Crippen LogP contribution in [0, 0.1) is 0 Å². The molecule has 4 atom stereocenters. The summed E-state index contributed by atoms with van der Waals surface area (Å²) in [6, 6.07) is 11.3. The third-order valence-corrected chi connectivity index (χ3v) is 7.06. The van der Waals surface area contributed by atoms with Crippen LogP contribution >= 0.6 is 0 Å². The van der Waals surface area contributed by atoms with Crippen LogP contribution in [0.15, 0.2) is 67.1 Å². The van der Waals surface area contributed by atoms with E-state index in [-0.39, 0.29) is 31.6 Å². The average Bonchev–Trinajstić information content (AvgIpc) is 3.66. The van der Waals surface area contributed by atoms with Crippen molar-refractivity contribution in [3.05, 3.63) is 83.9 Å². The van der Waals surface area contributed by atoms with Gasteiger partial charge in [-0.15, -0.1) is 0 Å². The van der Waals surface area contributed by atoms with Gasteiger partial charge in [-0.25, -0.2) is 9.78 Å². The number of carboxylic acid groups (broad SMARTS) is 1. The highest BCUT2D eigenvalue weighted by Crippen LogP contribution is 2.20. The first kappa shape index (κ1) is 29.3. The van der Waals surface area contributed by atoms with Crippen LogP contribution in [0.1, 0.15) is 29.7 Å². The van der Waals surface area contributed by atoms with E-state index in [1.165, 1.54) is 29.6 Å². The Hall–Kier alpha value is -4.71. The summed E-state index contributed by atoms with van der Waals surface area (Å²) in [5.41, 5.74) is 8.25. The van der Waals surface area contributed by atoms with Crippen LogP contribution in [-0.2, 0) is 38.4 Å². The first-order valence-corrected chi connectivity index (χ1v) is 13.4. The molecular formula is C29H34N6O6. The van der Waals surface area contributed by atoms with Crippen molar-refractivity contribution in [1.29, 1.82) is 0 Å². The summed E-state index contributed by atoms with van der Waals surface area (Å²) in [4.78, 5) is 60.3. The van der Waals surface area contributed by atoms with E-state index in [4.69, 9.17) is 5.73 Å². The van der Waals surface area contributed by atoms with Gasteiger partial charge >= 0.3 is 5.97 Å². The number of benzene rings is 2. The number of H-pyrrole nitrogens is 1. The molecule has 0 bridgehead atoms. The molecule has 1 saturated heterocycles. The number of nitrogens with zero attached hydrogens (tertiary/aromatic N) is 2. The lowest BCUT2D eigenvalue weighted by molar-refractivity contribution is -0.149. The van der Waals surface area contributed by atoms with Crippen molar-refractivity contribution in [2.75, 3.05) is 6.54 Å². The third kappa shape index (κ3) is 7.92. The molecule has 216 valence electrons. The number of phenols is 1. The van der Waals surface area contributed by atoms with Gasteiger partial charge in [0.15, 0.2) is 0 Å². The van der Waals surface area contributed by atoms with Crippen LogP contribution < -0.4 is 16.4 Å². The number of nitrogens with two attached hydrogens (primary N) is 1. The number of amides is 3. The number of aromatic nitrogens is 2. The monoisotopic (exact) mass is 562 g/mol. The topological polar surface area (TPSA) is 191 Å². The number of carbonyl (C=O) groups excluding carboxylic acids is 3. The Morgan fingerprint density at radius 2 is 1.63 bits per heavy atom. The number of aromatic hydroxyl groups is 1. The molecule has 0 saturated carbocycles. The summed E-state index contributed by atoms with van der Waals surface area (Å²) in [6.45, 7) is 0.250. The molecule has 1 aliphatic rings. The number of carbonyl (C=O) groups is 4. The van der Waals surface area contributed by atoms with E-state index in [9.17, 15) is 29.4 Å². The predicted octanol–water partition coefficient (Wildman–Crippen LogP) is 0.516. The Balaban J connectivity index is 1.54. The number of carboxylic acids is 1. The summed E-state index contributed by atoms with van der Waals surface area (Å²) in [6.07, 6.45) is 4.18. The zero-order valence-electron chi connectivity index (χ0n) is 22.4. The van der Waals surface area contributed by atoms with Gasteiger partial charge in [0, 0.05) is 31.3 Å². The lowest BCUT2D eigenvalue weighted by atomic mass is 10.0. The molecule has 0 radical (unpaired) electrons. The summed E-state index contributed by atoms with van der Waals surface area (Å²) in [7, 11) is 0. The van der Waals surface area contributed by atoms with Gasteiger partial charge in [-0.05, 0) is 42.5 Å². The number of rotatable bonds is 12. The maximum atomic E-state index is 13.6. The van der Waals surface area contributed by atoms with Crippen molar-refractivity contribution in [3.8, 4) is 5.75 Å². The molecular weight excluding hydrogens is 528 g/mol. The minimum Gasteiger partial charge on any atom is -0.508 e. The number of hydrogen-bond acceptors (Lipinski definition) is 7. The molecule has 2 heterocycles. The number of likely N-dealkylation sites (tertiary alicyclic amines) is 1. The van der Waals surface area contributed by atoms with Crippen molar-refractivity contribution >= 4 is 23.7 Å². The van der Waals surface area contributed by atoms with Crippen molar-refractivity contribution in [1.82, 2.24) is 25.5 Å². The molecule has 3 amide bonds. The van der Waals surface area contributed by atoms with Gasteiger partial charge < -0.3 is 36.5 Å². The molecule has 12 heteroatoms. The smallest absolute Gasteiger partial charge is 0.326 e. The normalized spacial score (nSPS) is 16.9. The van der Waals surface area contributed by atoms with Crippen molar-refractivity contribution in [3.63, 3.8) is 0 Å². The molecule has 4 rings (SSSR count). The van der Waals surface area contributed by atoms with Crippen LogP contribution in [0.4, 0.5) is 0 Å². The second kappa shape index (κ2) is 13.6. The fourth-order valence-corrected chi connectivity index (χ4v) is 4.89. The molecule has 4 unspecified atom stereocenters. The molecule has 0 spiro atoms. The molecule has 41 heavy (non-hydrogen) atoms. The number of aliphatic carboxylic acids is 1. The van der Waals surface area contributed by atoms with Gasteiger partial charge in [0.25, 0.3) is 0 Å². The standard InChI is InChI=1S/C29H34N6O6/c30-22(13-18-5-2-1-3-6-18)26(37)33-23(15-20-16-31-17-32-20)27(38)34-24(14-19-8-10-21(36)11-9-19)28(39)35-12-4-7-25(35)29(40)41/h1-3,5-6,8-11,16-17,22-25,36H,4,7,12-15,30H2,(H,31,32)(H,33,37)(H,34,38)(H,40,41). The van der Waals surface area contributed by atoms with Gasteiger partial charge in [0.05, 0.1) is 12.4 Å². The Morgan fingerprint density at radius 1 is 0.951 bits per heavy atom. The molecule has 1 aromatic heterocycles. The fourth-order valence-electron chi connectivity index (χ4n) is 4.89. The first-order chi connectivity index (χ1) is 19.7. The van der Waals surface area contributed by atoms with Gasteiger partial charge in [0.2, 0.25) is 17.7 Å². The maximum Gasteiger partial charge on any atom is 0.326 e. The van der Waals surface area contributed by atoms with Crippen LogP contribution in [0.25, 0.3) is 0 Å². The van der Waals surface area contributed by atoms with E-state index in [0.717, 1.165) is 5.56 Å². The highest BCUT2D eigenvalue weighted by Gasteiger charge is 2.38. The summed E-state index contributed by atoms with van der Waals surface area (Å²) in [5, 5.41) is 24.7. The molecule has 2 aromatic carbocycles. The van der Waals surface area contributed by atoms with E-state index >= 15 is 0 Å². The summed E-state index contributed by atoms with van der Waals surface area (Å²) >= 11 is 0. The fraction of sp³-hybridized carbons (Fsp3) is 0.345. The van der Waals surface area contributed by atoms with Crippen LogP contribution in [0.3, 0.4) is 0 Å². The molecule has 3 aromatic rings. The van der Waals surface area contributed by atoms with E-state index in [2.05, 4.69) is 20.6 Å². The van der Waals surface area contributed by atoms with Crippen LogP contribution in [0.5, 0.6) is 5.75 Å². The molecule has 1 fully saturated rings. The zero-order valence-corrected chi connectivity index (χ0v) is 22.4. The SMILES string of the molecule is NC(Cc1ccccc1)C(=O)NC(Cc1cnc[nH]1)C(=O)NC(Cc1ccc(O)cc1)C(=O)N1CCCC1C(=O)O. The Kier molecular flexibility index (Phi) is 9.69. The van der Waals surface area contributed by atoms with Crippen LogP contribution in [0.2, 0.25) is 0 Å². The number of phenolic OH excluding ortho intramolecular Hbond substituents is 1. The van der Waals surface area contributed by atoms with E-state index in [1.807, 2.05) is 30.3 Å². The quantitative estimate of drug-likeness (QED) is 0.184. The van der Waals surface area contributed by atoms with Crippen molar-refractivity contribution < 1.29 is 29.4 Å². The minimum absolute atomic E-state index is 0.0420. The second-order valence-electron chi connectivity index (χ2n) is 10.1. The van der Waals surface area contributed by atoms with E-state index < -0.39 is 47.9 Å². The summed E-state index contributed by atoms with van der Waals surface area (Å²) in [5.74, 6) is -2.78. The Morgan fingerprint density at radius 3 is 2.29 bits per heavy atom. The molecule has 12 nitrogen and oxygen atoms in total. The second-order valence-corrected chi connectivity index (χ2v) is 10.1. The number of nitrogens with one attached hydrogen (secondary N) is 3. The third-order valence-electron chi connectivity index (χ3n) is 7.06. The molecule has 7 N–H and O–H groups in total. The lowest BCUT2D eigenvalue weighted by Crippen LogP contribution is -2.58. The average molecular weight is 563 g/mol. The summed E-state index contributed by atoms with van der Waals surface area (Å²) < 4.78 is 0.